The molecular formula is C27H31N3O4. The van der Waals surface area contributed by atoms with E-state index in [4.69, 9.17) is 9.47 Å². The Balaban J connectivity index is 1.67. The second kappa shape index (κ2) is 9.05. The Morgan fingerprint density at radius 1 is 1.03 bits per heavy atom. The Morgan fingerprint density at radius 3 is 2.62 bits per heavy atom. The van der Waals surface area contributed by atoms with E-state index in [1.165, 1.54) is 0 Å². The van der Waals surface area contributed by atoms with Crippen molar-refractivity contribution in [1.29, 1.82) is 0 Å². The van der Waals surface area contributed by atoms with E-state index in [1.807, 2.05) is 36.4 Å². The first kappa shape index (κ1) is 22.3. The van der Waals surface area contributed by atoms with Gasteiger partial charge in [-0.3, -0.25) is 9.59 Å². The molecule has 3 aromatic rings. The fourth-order valence-electron chi connectivity index (χ4n) is 5.52. The maximum absolute atomic E-state index is 13.7. The highest BCUT2D eigenvalue weighted by Gasteiger charge is 2.48. The van der Waals surface area contributed by atoms with Crippen LogP contribution in [0.3, 0.4) is 0 Å². The van der Waals surface area contributed by atoms with E-state index in [-0.39, 0.29) is 18.4 Å². The van der Waals surface area contributed by atoms with Crippen LogP contribution in [-0.4, -0.2) is 59.9 Å². The maximum Gasteiger partial charge on any atom is 0.246 e. The number of unbranched alkanes of at least 4 members (excludes halogenated alkanes) is 2. The molecule has 3 heterocycles. The molecule has 0 bridgehead atoms. The molecule has 5 rings (SSSR count). The number of fused-ring (bicyclic) bond motifs is 4. The van der Waals surface area contributed by atoms with E-state index in [2.05, 4.69) is 18.0 Å². The molecule has 1 saturated heterocycles. The van der Waals surface area contributed by atoms with Gasteiger partial charge in [0.1, 0.15) is 12.1 Å². The standard InChI is InChI=1S/C27H31N3O4/c1-4-5-8-14-29-16-23(31)30-21(27(29)32)15-19-17-10-6-7-12-20(17)28-24(19)25(30)18-11-9-13-22(33-2)26(18)34-3/h6-7,9-13,21,25,28H,4-5,8,14-16H2,1-3H3/t21-,25+/m0/s1. The second-order valence-electron chi connectivity index (χ2n) is 9.04. The molecule has 7 heteroatoms. The Morgan fingerprint density at radius 2 is 1.85 bits per heavy atom. The van der Waals surface area contributed by atoms with Crippen LogP contribution >= 0.6 is 0 Å². The van der Waals surface area contributed by atoms with Crippen molar-refractivity contribution in [3.63, 3.8) is 0 Å². The molecule has 2 atom stereocenters. The monoisotopic (exact) mass is 461 g/mol. The van der Waals surface area contributed by atoms with Crippen LogP contribution in [0.1, 0.15) is 49.0 Å². The predicted molar refractivity (Wildman–Crippen MR) is 130 cm³/mol. The summed E-state index contributed by atoms with van der Waals surface area (Å²) >= 11 is 0. The van der Waals surface area contributed by atoms with Gasteiger partial charge < -0.3 is 24.3 Å². The number of H-pyrrole nitrogens is 1. The lowest BCUT2D eigenvalue weighted by Gasteiger charge is -2.47. The molecule has 1 N–H and O–H groups in total. The summed E-state index contributed by atoms with van der Waals surface area (Å²) in [6.45, 7) is 2.87. The quantitative estimate of drug-likeness (QED) is 0.539. The maximum atomic E-state index is 13.7. The van der Waals surface area contributed by atoms with Gasteiger partial charge in [0.2, 0.25) is 11.8 Å². The van der Waals surface area contributed by atoms with Crippen molar-refractivity contribution in [1.82, 2.24) is 14.8 Å². The number of ether oxygens (including phenoxy) is 2. The number of carbonyl (C=O) groups excluding carboxylic acids is 2. The first-order valence-electron chi connectivity index (χ1n) is 12.0. The fourth-order valence-corrected chi connectivity index (χ4v) is 5.52. The lowest BCUT2D eigenvalue weighted by Crippen LogP contribution is -2.63. The van der Waals surface area contributed by atoms with Crippen molar-refractivity contribution in [2.45, 2.75) is 44.7 Å². The topological polar surface area (TPSA) is 74.9 Å². The van der Waals surface area contributed by atoms with Gasteiger partial charge in [0.15, 0.2) is 11.5 Å². The molecule has 34 heavy (non-hydrogen) atoms. The van der Waals surface area contributed by atoms with E-state index in [0.29, 0.717) is 24.5 Å². The molecule has 2 aliphatic rings. The summed E-state index contributed by atoms with van der Waals surface area (Å²) in [7, 11) is 3.20. The minimum Gasteiger partial charge on any atom is -0.493 e. The summed E-state index contributed by atoms with van der Waals surface area (Å²) in [5.74, 6) is 1.15. The van der Waals surface area contributed by atoms with Crippen LogP contribution in [0, 0.1) is 0 Å². The Hall–Kier alpha value is -3.48. The number of amides is 2. The molecular weight excluding hydrogens is 430 g/mol. The lowest BCUT2D eigenvalue weighted by molar-refractivity contribution is -0.158. The van der Waals surface area contributed by atoms with Gasteiger partial charge in [-0.1, -0.05) is 50.1 Å². The summed E-state index contributed by atoms with van der Waals surface area (Å²) in [4.78, 5) is 34.4. The van der Waals surface area contributed by atoms with Crippen LogP contribution in [0.5, 0.6) is 11.5 Å². The zero-order valence-corrected chi connectivity index (χ0v) is 20.0. The summed E-state index contributed by atoms with van der Waals surface area (Å²) in [6, 6.07) is 12.8. The number of piperazine rings is 1. The third-order valence-corrected chi connectivity index (χ3v) is 7.10. The van der Waals surface area contributed by atoms with E-state index >= 15 is 0 Å². The third-order valence-electron chi connectivity index (χ3n) is 7.10. The highest BCUT2D eigenvalue weighted by atomic mass is 16.5. The summed E-state index contributed by atoms with van der Waals surface area (Å²) in [6.07, 6.45) is 3.52. The fraction of sp³-hybridized carbons (Fsp3) is 0.407. The molecule has 0 unspecified atom stereocenters. The predicted octanol–water partition coefficient (Wildman–Crippen LogP) is 4.06. The highest BCUT2D eigenvalue weighted by Crippen LogP contribution is 2.46. The van der Waals surface area contributed by atoms with Gasteiger partial charge in [-0.2, -0.15) is 0 Å². The number of benzene rings is 2. The summed E-state index contributed by atoms with van der Waals surface area (Å²) in [5, 5.41) is 1.09. The Kier molecular flexibility index (Phi) is 5.94. The van der Waals surface area contributed by atoms with E-state index in [9.17, 15) is 9.59 Å². The number of para-hydroxylation sites is 2. The number of nitrogens with zero attached hydrogens (tertiary/aromatic N) is 2. The van der Waals surface area contributed by atoms with E-state index in [0.717, 1.165) is 47.0 Å². The molecule has 2 aromatic carbocycles. The van der Waals surface area contributed by atoms with Crippen molar-refractivity contribution >= 4 is 22.7 Å². The molecule has 2 aliphatic heterocycles. The van der Waals surface area contributed by atoms with Gasteiger partial charge >= 0.3 is 0 Å². The first-order chi connectivity index (χ1) is 16.6. The zero-order chi connectivity index (χ0) is 23.8. The Labute approximate surface area is 199 Å². The van der Waals surface area contributed by atoms with Crippen LogP contribution in [0.4, 0.5) is 0 Å². The van der Waals surface area contributed by atoms with Crippen molar-refractivity contribution in [2.24, 2.45) is 0 Å². The number of hydrogen-bond acceptors (Lipinski definition) is 4. The SMILES string of the molecule is CCCCCN1CC(=O)N2[C@H](c3cccc(OC)c3OC)c3[nH]c4ccccc4c3C[C@H]2C1=O. The van der Waals surface area contributed by atoms with Crippen LogP contribution in [0.25, 0.3) is 10.9 Å². The molecule has 0 aliphatic carbocycles. The third kappa shape index (κ3) is 3.50. The minimum absolute atomic E-state index is 0.0264. The smallest absolute Gasteiger partial charge is 0.246 e. The van der Waals surface area contributed by atoms with Crippen LogP contribution in [0.15, 0.2) is 42.5 Å². The van der Waals surface area contributed by atoms with Gasteiger partial charge in [-0.15, -0.1) is 0 Å². The molecule has 178 valence electrons. The number of rotatable bonds is 7. The average Bonchev–Trinajstić information content (AvgIpc) is 3.23. The summed E-state index contributed by atoms with van der Waals surface area (Å²) in [5.41, 5.74) is 3.83. The van der Waals surface area contributed by atoms with Crippen LogP contribution in [0.2, 0.25) is 0 Å². The van der Waals surface area contributed by atoms with E-state index in [1.54, 1.807) is 24.0 Å². The minimum atomic E-state index is -0.546. The largest absolute Gasteiger partial charge is 0.493 e. The highest BCUT2D eigenvalue weighted by molar-refractivity contribution is 5.97. The molecule has 2 amide bonds. The molecule has 1 aromatic heterocycles. The van der Waals surface area contributed by atoms with Crippen LogP contribution in [-0.2, 0) is 16.0 Å². The number of methoxy groups -OCH3 is 2. The Bertz CT molecular complexity index is 1230. The first-order valence-corrected chi connectivity index (χ1v) is 12.0. The van der Waals surface area contributed by atoms with Gasteiger partial charge in [-0.05, 0) is 24.1 Å². The average molecular weight is 462 g/mol. The molecule has 7 nitrogen and oxygen atoms in total. The van der Waals surface area contributed by atoms with Crippen LogP contribution < -0.4 is 9.47 Å². The second-order valence-corrected chi connectivity index (χ2v) is 9.04. The van der Waals surface area contributed by atoms with E-state index < -0.39 is 12.1 Å². The van der Waals surface area contributed by atoms with Crippen molar-refractivity contribution in [3.05, 3.63) is 59.3 Å². The summed E-state index contributed by atoms with van der Waals surface area (Å²) < 4.78 is 11.3. The molecule has 0 saturated carbocycles. The van der Waals surface area contributed by atoms with Gasteiger partial charge in [0, 0.05) is 35.1 Å². The van der Waals surface area contributed by atoms with Crippen molar-refractivity contribution < 1.29 is 19.1 Å². The number of nitrogens with one attached hydrogen (secondary N) is 1. The number of carbonyl (C=O) groups is 2. The molecule has 0 radical (unpaired) electrons. The van der Waals surface area contributed by atoms with Gasteiger partial charge in [-0.25, -0.2) is 0 Å². The number of aromatic nitrogens is 1. The van der Waals surface area contributed by atoms with Crippen molar-refractivity contribution in [3.8, 4) is 11.5 Å². The zero-order valence-electron chi connectivity index (χ0n) is 20.0. The van der Waals surface area contributed by atoms with Crippen molar-refractivity contribution in [2.75, 3.05) is 27.3 Å². The van der Waals surface area contributed by atoms with Gasteiger partial charge in [0.25, 0.3) is 0 Å². The number of hydrogen-bond donors (Lipinski definition) is 1. The normalized spacial score (nSPS) is 19.9. The van der Waals surface area contributed by atoms with Gasteiger partial charge in [0.05, 0.1) is 20.8 Å². The lowest BCUT2D eigenvalue weighted by atomic mass is 9.85. The molecule has 0 spiro atoms. The molecule has 1 fully saturated rings. The number of aromatic amines is 1.